The molecule has 5 rings (SSSR count). The molecule has 1 heterocycles. The monoisotopic (exact) mass is 580 g/mol. The van der Waals surface area contributed by atoms with E-state index in [1.165, 1.54) is 6.20 Å². The molecule has 0 spiro atoms. The van der Waals surface area contributed by atoms with Gasteiger partial charge in [0.15, 0.2) is 0 Å². The highest BCUT2D eigenvalue weighted by atomic mass is 16.4. The van der Waals surface area contributed by atoms with E-state index in [1.807, 2.05) is 55.5 Å². The van der Waals surface area contributed by atoms with Crippen LogP contribution in [0.15, 0.2) is 77.7 Å². The summed E-state index contributed by atoms with van der Waals surface area (Å²) < 4.78 is 0. The number of aromatic amines is 1. The SMILES string of the molecule is Cc1cc2c(=O)c(C(=O)O)c[nH]c2cc1-c1ccc(C[C@H](NC(=O)C2CCC(CN)CC2)C(=O)Nc2ccccc2)cc1. The topological polar surface area (TPSA) is 154 Å². The summed E-state index contributed by atoms with van der Waals surface area (Å²) in [6.45, 7) is 2.50. The molecular weight excluding hydrogens is 544 g/mol. The average molecular weight is 581 g/mol. The number of aryl methyl sites for hydroxylation is 1. The third kappa shape index (κ3) is 6.84. The Balaban J connectivity index is 1.36. The molecule has 2 amide bonds. The summed E-state index contributed by atoms with van der Waals surface area (Å²) >= 11 is 0. The first kappa shape index (κ1) is 29.7. The number of aromatic carboxylic acids is 1. The minimum Gasteiger partial charge on any atom is -0.477 e. The molecular formula is C34H36N4O5. The third-order valence-electron chi connectivity index (χ3n) is 8.39. The number of fused-ring (bicyclic) bond motifs is 1. The van der Waals surface area contributed by atoms with Crippen LogP contribution in [0, 0.1) is 18.8 Å². The largest absolute Gasteiger partial charge is 0.477 e. The molecule has 1 atom stereocenters. The quantitative estimate of drug-likeness (QED) is 0.194. The second-order valence-corrected chi connectivity index (χ2v) is 11.3. The first-order valence-corrected chi connectivity index (χ1v) is 14.6. The minimum atomic E-state index is -1.27. The normalized spacial score (nSPS) is 17.3. The van der Waals surface area contributed by atoms with E-state index >= 15 is 0 Å². The van der Waals surface area contributed by atoms with Crippen LogP contribution in [0.2, 0.25) is 0 Å². The van der Waals surface area contributed by atoms with Gasteiger partial charge in [0.05, 0.1) is 0 Å². The number of pyridine rings is 1. The van der Waals surface area contributed by atoms with Crippen molar-refractivity contribution in [1.29, 1.82) is 0 Å². The van der Waals surface area contributed by atoms with Crippen molar-refractivity contribution in [2.45, 2.75) is 45.1 Å². The zero-order valence-corrected chi connectivity index (χ0v) is 24.1. The van der Waals surface area contributed by atoms with Crippen molar-refractivity contribution in [3.05, 3.63) is 99.8 Å². The van der Waals surface area contributed by atoms with Gasteiger partial charge in [0.25, 0.3) is 0 Å². The number of carbonyl (C=O) groups excluding carboxylic acids is 2. The summed E-state index contributed by atoms with van der Waals surface area (Å²) in [6, 6.07) is 19.7. The number of carboxylic acids is 1. The Morgan fingerprint density at radius 2 is 1.70 bits per heavy atom. The van der Waals surface area contributed by atoms with Crippen molar-refractivity contribution in [2.75, 3.05) is 11.9 Å². The van der Waals surface area contributed by atoms with E-state index in [0.29, 0.717) is 35.5 Å². The number of para-hydroxylation sites is 1. The van der Waals surface area contributed by atoms with Crippen molar-refractivity contribution in [1.82, 2.24) is 10.3 Å². The van der Waals surface area contributed by atoms with Crippen molar-refractivity contribution >= 4 is 34.4 Å². The molecule has 0 saturated heterocycles. The lowest BCUT2D eigenvalue weighted by Crippen LogP contribution is -2.48. The summed E-state index contributed by atoms with van der Waals surface area (Å²) in [5, 5.41) is 15.6. The van der Waals surface area contributed by atoms with Gasteiger partial charge in [-0.05, 0) is 91.6 Å². The van der Waals surface area contributed by atoms with E-state index in [0.717, 1.165) is 47.9 Å². The smallest absolute Gasteiger partial charge is 0.341 e. The molecule has 1 aliphatic rings. The van der Waals surface area contributed by atoms with E-state index in [1.54, 1.807) is 18.2 Å². The van der Waals surface area contributed by atoms with Crippen LogP contribution in [0.4, 0.5) is 5.69 Å². The highest BCUT2D eigenvalue weighted by Crippen LogP contribution is 2.29. The van der Waals surface area contributed by atoms with Crippen LogP contribution >= 0.6 is 0 Å². The molecule has 0 aliphatic heterocycles. The predicted molar refractivity (Wildman–Crippen MR) is 167 cm³/mol. The number of nitrogens with one attached hydrogen (secondary N) is 3. The number of anilines is 1. The van der Waals surface area contributed by atoms with Gasteiger partial charge in [0, 0.05) is 35.1 Å². The number of H-pyrrole nitrogens is 1. The first-order chi connectivity index (χ1) is 20.7. The number of aromatic nitrogens is 1. The van der Waals surface area contributed by atoms with Gasteiger partial charge in [-0.2, -0.15) is 0 Å². The molecule has 0 bridgehead atoms. The Morgan fingerprint density at radius 1 is 1.00 bits per heavy atom. The second kappa shape index (κ2) is 13.0. The summed E-state index contributed by atoms with van der Waals surface area (Å²) in [7, 11) is 0. The van der Waals surface area contributed by atoms with E-state index in [9.17, 15) is 24.3 Å². The molecule has 9 nitrogen and oxygen atoms in total. The van der Waals surface area contributed by atoms with Gasteiger partial charge in [0.2, 0.25) is 17.2 Å². The van der Waals surface area contributed by atoms with Gasteiger partial charge in [-0.25, -0.2) is 4.79 Å². The minimum absolute atomic E-state index is 0.105. The zero-order valence-electron chi connectivity index (χ0n) is 24.1. The fraction of sp³-hybridized carbons (Fsp3) is 0.294. The van der Waals surface area contributed by atoms with Crippen molar-refractivity contribution < 1.29 is 19.5 Å². The molecule has 43 heavy (non-hydrogen) atoms. The summed E-state index contributed by atoms with van der Waals surface area (Å²) in [5.74, 6) is -1.34. The van der Waals surface area contributed by atoms with Crippen LogP contribution in [0.1, 0.15) is 47.2 Å². The summed E-state index contributed by atoms with van der Waals surface area (Å²) in [6.07, 6.45) is 4.89. The van der Waals surface area contributed by atoms with Crippen molar-refractivity contribution in [3.8, 4) is 11.1 Å². The molecule has 1 fully saturated rings. The first-order valence-electron chi connectivity index (χ1n) is 14.6. The highest BCUT2D eigenvalue weighted by molar-refractivity contribution is 5.98. The third-order valence-corrected chi connectivity index (χ3v) is 8.39. The van der Waals surface area contributed by atoms with E-state index < -0.39 is 17.4 Å². The lowest BCUT2D eigenvalue weighted by molar-refractivity contribution is -0.130. The summed E-state index contributed by atoms with van der Waals surface area (Å²) in [5.41, 5.74) is 9.68. The van der Waals surface area contributed by atoms with Gasteiger partial charge < -0.3 is 26.5 Å². The van der Waals surface area contributed by atoms with Gasteiger partial charge in [-0.3, -0.25) is 14.4 Å². The van der Waals surface area contributed by atoms with Gasteiger partial charge >= 0.3 is 5.97 Å². The van der Waals surface area contributed by atoms with E-state index in [4.69, 9.17) is 5.73 Å². The molecule has 222 valence electrons. The standard InChI is InChI=1S/C34H36N4O5/c1-20-15-27-29(36-19-28(31(27)39)34(42)43)17-26(20)23-11-7-21(8-12-23)16-30(33(41)37-25-5-3-2-4-6-25)38-32(40)24-13-9-22(18-35)10-14-24/h2-8,11-12,15,17,19,22,24,30H,9-10,13-14,16,18,35H2,1H3,(H,36,39)(H,37,41)(H,38,40)(H,42,43)/t22?,24?,30-/m0/s1. The Hall–Kier alpha value is -4.76. The Morgan fingerprint density at radius 3 is 2.35 bits per heavy atom. The lowest BCUT2D eigenvalue weighted by Gasteiger charge is -2.28. The van der Waals surface area contributed by atoms with E-state index in [2.05, 4.69) is 15.6 Å². The second-order valence-electron chi connectivity index (χ2n) is 11.3. The fourth-order valence-corrected chi connectivity index (χ4v) is 5.81. The maximum atomic E-state index is 13.4. The molecule has 1 aliphatic carbocycles. The number of hydrogen-bond donors (Lipinski definition) is 5. The Bertz CT molecular complexity index is 1690. The number of benzene rings is 3. The Labute approximate surface area is 249 Å². The predicted octanol–water partition coefficient (Wildman–Crippen LogP) is 4.63. The van der Waals surface area contributed by atoms with Crippen LogP contribution in [-0.4, -0.2) is 40.5 Å². The highest BCUT2D eigenvalue weighted by Gasteiger charge is 2.29. The number of nitrogens with two attached hydrogens (primary N) is 1. The number of carboxylic acid groups (broad SMARTS) is 1. The van der Waals surface area contributed by atoms with E-state index in [-0.39, 0.29) is 23.3 Å². The molecule has 9 heteroatoms. The molecule has 1 saturated carbocycles. The maximum Gasteiger partial charge on any atom is 0.341 e. The fourth-order valence-electron chi connectivity index (χ4n) is 5.81. The molecule has 4 aromatic rings. The van der Waals surface area contributed by atoms with Gasteiger partial charge in [0.1, 0.15) is 11.6 Å². The average Bonchev–Trinajstić information content (AvgIpc) is 3.01. The zero-order chi connectivity index (χ0) is 30.5. The molecule has 3 aromatic carbocycles. The number of hydrogen-bond acceptors (Lipinski definition) is 5. The van der Waals surface area contributed by atoms with Gasteiger partial charge in [-0.15, -0.1) is 0 Å². The number of rotatable bonds is 9. The molecule has 6 N–H and O–H groups in total. The maximum absolute atomic E-state index is 13.4. The van der Waals surface area contributed by atoms with Crippen LogP contribution in [-0.2, 0) is 16.0 Å². The lowest BCUT2D eigenvalue weighted by atomic mass is 9.81. The molecule has 0 unspecified atom stereocenters. The van der Waals surface area contributed by atoms with Crippen LogP contribution < -0.4 is 21.8 Å². The van der Waals surface area contributed by atoms with Crippen LogP contribution in [0.25, 0.3) is 22.0 Å². The van der Waals surface area contributed by atoms with Crippen LogP contribution in [0.3, 0.4) is 0 Å². The number of carbonyl (C=O) groups is 3. The Kier molecular flexibility index (Phi) is 9.01. The summed E-state index contributed by atoms with van der Waals surface area (Å²) in [4.78, 5) is 53.5. The van der Waals surface area contributed by atoms with Crippen molar-refractivity contribution in [3.63, 3.8) is 0 Å². The molecule has 0 radical (unpaired) electrons. The van der Waals surface area contributed by atoms with Gasteiger partial charge in [-0.1, -0.05) is 42.5 Å². The number of amides is 2. The molecule has 1 aromatic heterocycles. The van der Waals surface area contributed by atoms with Crippen LogP contribution in [0.5, 0.6) is 0 Å². The van der Waals surface area contributed by atoms with Crippen molar-refractivity contribution in [2.24, 2.45) is 17.6 Å².